The third-order valence-corrected chi connectivity index (χ3v) is 5.85. The number of para-hydroxylation sites is 1. The van der Waals surface area contributed by atoms with E-state index >= 15 is 0 Å². The Bertz CT molecular complexity index is 980. The Morgan fingerprint density at radius 3 is 2.92 bits per heavy atom. The van der Waals surface area contributed by atoms with E-state index in [0.29, 0.717) is 22.6 Å². The average Bonchev–Trinajstić information content (AvgIpc) is 3.17. The van der Waals surface area contributed by atoms with E-state index in [4.69, 9.17) is 0 Å². The van der Waals surface area contributed by atoms with Crippen LogP contribution in [0.2, 0.25) is 0 Å². The number of carbonyl (C=O) groups excluding carboxylic acids is 1. The molecular weight excluding hydrogens is 366 g/mol. The highest BCUT2D eigenvalue weighted by Gasteiger charge is 2.14. The molecule has 0 aliphatic heterocycles. The largest absolute Gasteiger partial charge is 0.348 e. The smallest absolute Gasteiger partial charge is 0.262 e. The number of aromatic nitrogens is 2. The molecule has 2 heterocycles. The molecule has 3 rings (SSSR count). The standard InChI is InChI=1S/C19H19N3O2S2/c1-3-10-22-18(24)14-7-4-5-8-15(14)21-19(22)26-12-17(23)20-13(2)16-9-6-11-25-16/h3-9,11,13H,1,10,12H2,2H3,(H,20,23)/t13-/m0/s1. The van der Waals surface area contributed by atoms with Gasteiger partial charge in [-0.3, -0.25) is 14.2 Å². The van der Waals surface area contributed by atoms with Crippen LogP contribution in [0.1, 0.15) is 17.8 Å². The van der Waals surface area contributed by atoms with Crippen LogP contribution < -0.4 is 10.9 Å². The first-order chi connectivity index (χ1) is 12.6. The van der Waals surface area contributed by atoms with Crippen molar-refractivity contribution in [2.45, 2.75) is 24.7 Å². The van der Waals surface area contributed by atoms with E-state index in [1.165, 1.54) is 11.8 Å². The molecule has 5 nitrogen and oxygen atoms in total. The first-order valence-electron chi connectivity index (χ1n) is 8.16. The van der Waals surface area contributed by atoms with Gasteiger partial charge in [0.05, 0.1) is 22.7 Å². The lowest BCUT2D eigenvalue weighted by Crippen LogP contribution is -2.28. The number of allylic oxidation sites excluding steroid dienone is 1. The molecule has 134 valence electrons. The zero-order valence-corrected chi connectivity index (χ0v) is 16.0. The summed E-state index contributed by atoms with van der Waals surface area (Å²) in [6.45, 7) is 6.01. The fraction of sp³-hybridized carbons (Fsp3) is 0.211. The fourth-order valence-electron chi connectivity index (χ4n) is 2.57. The average molecular weight is 386 g/mol. The van der Waals surface area contributed by atoms with Crippen molar-refractivity contribution < 1.29 is 4.79 Å². The maximum absolute atomic E-state index is 12.7. The minimum atomic E-state index is -0.120. The van der Waals surface area contributed by atoms with Crippen LogP contribution in [0.5, 0.6) is 0 Å². The Morgan fingerprint density at radius 2 is 2.19 bits per heavy atom. The maximum atomic E-state index is 12.7. The van der Waals surface area contributed by atoms with E-state index in [1.54, 1.807) is 34.1 Å². The summed E-state index contributed by atoms with van der Waals surface area (Å²) in [4.78, 5) is 30.6. The van der Waals surface area contributed by atoms with Crippen molar-refractivity contribution in [3.8, 4) is 0 Å². The van der Waals surface area contributed by atoms with Crippen LogP contribution in [-0.4, -0.2) is 21.2 Å². The first kappa shape index (κ1) is 18.4. The third-order valence-electron chi connectivity index (χ3n) is 3.82. The second-order valence-electron chi connectivity index (χ2n) is 5.71. The van der Waals surface area contributed by atoms with Gasteiger partial charge >= 0.3 is 0 Å². The number of benzene rings is 1. The number of thiophene rings is 1. The monoisotopic (exact) mass is 385 g/mol. The highest BCUT2D eigenvalue weighted by Crippen LogP contribution is 2.20. The van der Waals surface area contributed by atoms with Crippen molar-refractivity contribution in [2.24, 2.45) is 0 Å². The van der Waals surface area contributed by atoms with Gasteiger partial charge in [0.25, 0.3) is 5.56 Å². The molecule has 1 amide bonds. The fourth-order valence-corrected chi connectivity index (χ4v) is 4.12. The quantitative estimate of drug-likeness (QED) is 0.383. The lowest BCUT2D eigenvalue weighted by molar-refractivity contribution is -0.119. The molecule has 0 fully saturated rings. The van der Waals surface area contributed by atoms with Gasteiger partial charge in [-0.05, 0) is 30.5 Å². The topological polar surface area (TPSA) is 64.0 Å². The number of nitrogens with zero attached hydrogens (tertiary/aromatic N) is 2. The zero-order chi connectivity index (χ0) is 18.5. The summed E-state index contributed by atoms with van der Waals surface area (Å²) in [6, 6.07) is 11.1. The molecule has 26 heavy (non-hydrogen) atoms. The normalized spacial score (nSPS) is 12.0. The summed E-state index contributed by atoms with van der Waals surface area (Å²) < 4.78 is 1.55. The first-order valence-corrected chi connectivity index (χ1v) is 10.0. The predicted molar refractivity (Wildman–Crippen MR) is 108 cm³/mol. The highest BCUT2D eigenvalue weighted by atomic mass is 32.2. The van der Waals surface area contributed by atoms with Gasteiger partial charge in [-0.2, -0.15) is 0 Å². The second-order valence-corrected chi connectivity index (χ2v) is 7.63. The van der Waals surface area contributed by atoms with Gasteiger partial charge < -0.3 is 5.32 Å². The second kappa shape index (κ2) is 8.33. The molecule has 0 radical (unpaired) electrons. The lowest BCUT2D eigenvalue weighted by atomic mass is 10.2. The molecule has 0 bridgehead atoms. The van der Waals surface area contributed by atoms with Crippen molar-refractivity contribution >= 4 is 39.9 Å². The summed E-state index contributed by atoms with van der Waals surface area (Å²) in [5.41, 5.74) is 0.512. The molecular formula is C19H19N3O2S2. The van der Waals surface area contributed by atoms with E-state index in [0.717, 1.165) is 4.88 Å². The lowest BCUT2D eigenvalue weighted by Gasteiger charge is -2.13. The van der Waals surface area contributed by atoms with Gasteiger partial charge in [0.1, 0.15) is 0 Å². The van der Waals surface area contributed by atoms with Crippen LogP contribution in [0.3, 0.4) is 0 Å². The van der Waals surface area contributed by atoms with E-state index in [2.05, 4.69) is 16.9 Å². The molecule has 0 aliphatic rings. The SMILES string of the molecule is C=CCn1c(SCC(=O)N[C@@H](C)c2cccs2)nc2ccccc2c1=O. The minimum absolute atomic E-state index is 0.0389. The van der Waals surface area contributed by atoms with Crippen molar-refractivity contribution in [2.75, 3.05) is 5.75 Å². The number of hydrogen-bond acceptors (Lipinski definition) is 5. The molecule has 1 N–H and O–H groups in total. The number of carbonyl (C=O) groups is 1. The van der Waals surface area contributed by atoms with E-state index in [9.17, 15) is 9.59 Å². The van der Waals surface area contributed by atoms with Gasteiger partial charge in [-0.15, -0.1) is 17.9 Å². The van der Waals surface area contributed by atoms with Crippen LogP contribution in [0, 0.1) is 0 Å². The zero-order valence-electron chi connectivity index (χ0n) is 14.3. The summed E-state index contributed by atoms with van der Waals surface area (Å²) >= 11 is 2.87. The number of nitrogens with one attached hydrogen (secondary N) is 1. The molecule has 0 aliphatic carbocycles. The molecule has 0 saturated carbocycles. The summed E-state index contributed by atoms with van der Waals surface area (Å²) in [5.74, 6) is 0.0981. The Labute approximate surface area is 159 Å². The van der Waals surface area contributed by atoms with Gasteiger partial charge in [0.15, 0.2) is 5.16 Å². The Hall–Kier alpha value is -2.38. The third kappa shape index (κ3) is 4.05. The van der Waals surface area contributed by atoms with Crippen molar-refractivity contribution in [1.82, 2.24) is 14.9 Å². The number of amides is 1. The Kier molecular flexibility index (Phi) is 5.90. The molecule has 7 heteroatoms. The number of rotatable bonds is 7. The van der Waals surface area contributed by atoms with Crippen LogP contribution in [0.4, 0.5) is 0 Å². The van der Waals surface area contributed by atoms with Gasteiger partial charge in [-0.1, -0.05) is 36.0 Å². The van der Waals surface area contributed by atoms with E-state index in [-0.39, 0.29) is 23.3 Å². The minimum Gasteiger partial charge on any atom is -0.348 e. The van der Waals surface area contributed by atoms with Crippen LogP contribution in [0.25, 0.3) is 10.9 Å². The van der Waals surface area contributed by atoms with Crippen LogP contribution in [0.15, 0.2) is 64.4 Å². The molecule has 0 spiro atoms. The number of hydrogen-bond donors (Lipinski definition) is 1. The molecule has 0 unspecified atom stereocenters. The van der Waals surface area contributed by atoms with Crippen molar-refractivity contribution in [3.63, 3.8) is 0 Å². The van der Waals surface area contributed by atoms with E-state index < -0.39 is 0 Å². The maximum Gasteiger partial charge on any atom is 0.262 e. The predicted octanol–water partition coefficient (Wildman–Crippen LogP) is 3.61. The van der Waals surface area contributed by atoms with E-state index in [1.807, 2.05) is 36.6 Å². The molecule has 1 atom stereocenters. The molecule has 1 aromatic carbocycles. The Balaban J connectivity index is 1.77. The number of fused-ring (bicyclic) bond motifs is 1. The molecule has 3 aromatic rings. The highest BCUT2D eigenvalue weighted by molar-refractivity contribution is 7.99. The number of thioether (sulfide) groups is 1. The van der Waals surface area contributed by atoms with Crippen LogP contribution in [-0.2, 0) is 11.3 Å². The Morgan fingerprint density at radius 1 is 1.38 bits per heavy atom. The van der Waals surface area contributed by atoms with Gasteiger partial charge in [0, 0.05) is 11.4 Å². The summed E-state index contributed by atoms with van der Waals surface area (Å²) in [7, 11) is 0. The van der Waals surface area contributed by atoms with Gasteiger partial charge in [0.2, 0.25) is 5.91 Å². The van der Waals surface area contributed by atoms with Crippen LogP contribution >= 0.6 is 23.1 Å². The summed E-state index contributed by atoms with van der Waals surface area (Å²) in [6.07, 6.45) is 1.65. The summed E-state index contributed by atoms with van der Waals surface area (Å²) in [5, 5.41) is 6.04. The molecule has 2 aromatic heterocycles. The van der Waals surface area contributed by atoms with Gasteiger partial charge in [-0.25, -0.2) is 4.98 Å². The van der Waals surface area contributed by atoms with Crippen molar-refractivity contribution in [1.29, 1.82) is 0 Å². The van der Waals surface area contributed by atoms with Crippen molar-refractivity contribution in [3.05, 3.63) is 69.7 Å². The molecule has 0 saturated heterocycles.